The third kappa shape index (κ3) is 8.65. The molecule has 0 N–H and O–H groups in total. The number of carbonyl (C=O) groups is 1. The number of rotatable bonds is 9. The van der Waals surface area contributed by atoms with Crippen LogP contribution in [-0.4, -0.2) is 32.6 Å². The SMILES string of the molecule is C=CCOCOC(=O)C(C)=CCCC(C)OC. The number of methoxy groups -OCH3 is 1. The highest BCUT2D eigenvalue weighted by Crippen LogP contribution is 2.05. The second-order valence-electron chi connectivity index (χ2n) is 3.72. The first-order valence-electron chi connectivity index (χ1n) is 5.67. The van der Waals surface area contributed by atoms with E-state index in [1.165, 1.54) is 0 Å². The molecule has 1 atom stereocenters. The molecule has 1 unspecified atom stereocenters. The zero-order chi connectivity index (χ0) is 13.1. The molecule has 0 aromatic carbocycles. The van der Waals surface area contributed by atoms with Gasteiger partial charge in [0.15, 0.2) is 6.79 Å². The van der Waals surface area contributed by atoms with E-state index in [0.717, 1.165) is 12.8 Å². The Labute approximate surface area is 103 Å². The van der Waals surface area contributed by atoms with E-state index in [1.54, 1.807) is 20.1 Å². The Kier molecular flexibility index (Phi) is 9.38. The summed E-state index contributed by atoms with van der Waals surface area (Å²) in [5, 5.41) is 0. The van der Waals surface area contributed by atoms with Crippen LogP contribution in [0.4, 0.5) is 0 Å². The van der Waals surface area contributed by atoms with Crippen LogP contribution in [0.2, 0.25) is 0 Å². The number of hydrogen-bond donors (Lipinski definition) is 0. The maximum absolute atomic E-state index is 11.4. The van der Waals surface area contributed by atoms with Crippen LogP contribution in [0.15, 0.2) is 24.3 Å². The van der Waals surface area contributed by atoms with Gasteiger partial charge in [-0.1, -0.05) is 12.2 Å². The van der Waals surface area contributed by atoms with Crippen LogP contribution >= 0.6 is 0 Å². The van der Waals surface area contributed by atoms with Gasteiger partial charge in [-0.15, -0.1) is 6.58 Å². The summed E-state index contributed by atoms with van der Waals surface area (Å²) in [4.78, 5) is 11.4. The second kappa shape index (κ2) is 10.1. The van der Waals surface area contributed by atoms with Gasteiger partial charge in [-0.3, -0.25) is 0 Å². The summed E-state index contributed by atoms with van der Waals surface area (Å²) in [5.74, 6) is -0.348. The molecule has 17 heavy (non-hydrogen) atoms. The van der Waals surface area contributed by atoms with Crippen LogP contribution < -0.4 is 0 Å². The zero-order valence-electron chi connectivity index (χ0n) is 10.9. The Morgan fingerprint density at radius 3 is 2.76 bits per heavy atom. The van der Waals surface area contributed by atoms with Crippen LogP contribution in [0.1, 0.15) is 26.7 Å². The number of esters is 1. The van der Waals surface area contributed by atoms with Gasteiger partial charge in [-0.05, 0) is 26.7 Å². The van der Waals surface area contributed by atoms with Crippen LogP contribution in [0.25, 0.3) is 0 Å². The first kappa shape index (κ1) is 15.9. The molecule has 0 heterocycles. The Morgan fingerprint density at radius 2 is 2.18 bits per heavy atom. The molecule has 0 spiro atoms. The Hall–Kier alpha value is -1.13. The fraction of sp³-hybridized carbons (Fsp3) is 0.615. The largest absolute Gasteiger partial charge is 0.435 e. The summed E-state index contributed by atoms with van der Waals surface area (Å²) in [6, 6.07) is 0. The lowest BCUT2D eigenvalue weighted by molar-refractivity contribution is -0.150. The van der Waals surface area contributed by atoms with Crippen molar-refractivity contribution in [1.82, 2.24) is 0 Å². The van der Waals surface area contributed by atoms with Crippen molar-refractivity contribution in [3.05, 3.63) is 24.3 Å². The average molecular weight is 242 g/mol. The number of carbonyl (C=O) groups excluding carboxylic acids is 1. The van der Waals surface area contributed by atoms with Crippen molar-refractivity contribution in [3.63, 3.8) is 0 Å². The summed E-state index contributed by atoms with van der Waals surface area (Å²) in [6.45, 7) is 7.55. The Morgan fingerprint density at radius 1 is 1.47 bits per heavy atom. The molecule has 0 amide bonds. The molecule has 0 aliphatic carbocycles. The minimum atomic E-state index is -0.348. The van der Waals surface area contributed by atoms with E-state index >= 15 is 0 Å². The van der Waals surface area contributed by atoms with Crippen molar-refractivity contribution in [2.45, 2.75) is 32.8 Å². The van der Waals surface area contributed by atoms with Gasteiger partial charge >= 0.3 is 5.97 Å². The van der Waals surface area contributed by atoms with Gasteiger partial charge in [0.25, 0.3) is 0 Å². The van der Waals surface area contributed by atoms with E-state index in [9.17, 15) is 4.79 Å². The summed E-state index contributed by atoms with van der Waals surface area (Å²) >= 11 is 0. The third-order valence-electron chi connectivity index (χ3n) is 2.26. The Balaban J connectivity index is 3.78. The number of hydrogen-bond acceptors (Lipinski definition) is 4. The van der Waals surface area contributed by atoms with E-state index in [4.69, 9.17) is 14.2 Å². The molecular formula is C13H22O4. The third-order valence-corrected chi connectivity index (χ3v) is 2.26. The highest BCUT2D eigenvalue weighted by Gasteiger charge is 2.05. The van der Waals surface area contributed by atoms with Gasteiger partial charge in [0.2, 0.25) is 0 Å². The van der Waals surface area contributed by atoms with Crippen LogP contribution in [0.3, 0.4) is 0 Å². The van der Waals surface area contributed by atoms with Crippen molar-refractivity contribution in [2.75, 3.05) is 20.5 Å². The fourth-order valence-electron chi connectivity index (χ4n) is 1.08. The Bertz CT molecular complexity index is 258. The van der Waals surface area contributed by atoms with Gasteiger partial charge in [-0.25, -0.2) is 4.79 Å². The molecular weight excluding hydrogens is 220 g/mol. The molecule has 0 saturated carbocycles. The molecule has 0 radical (unpaired) electrons. The van der Waals surface area contributed by atoms with E-state index in [2.05, 4.69) is 6.58 Å². The second-order valence-corrected chi connectivity index (χ2v) is 3.72. The van der Waals surface area contributed by atoms with Crippen LogP contribution in [0, 0.1) is 0 Å². The van der Waals surface area contributed by atoms with Gasteiger partial charge in [0.1, 0.15) is 0 Å². The van der Waals surface area contributed by atoms with Gasteiger partial charge < -0.3 is 14.2 Å². The molecule has 0 bridgehead atoms. The van der Waals surface area contributed by atoms with Crippen LogP contribution in [0.5, 0.6) is 0 Å². The molecule has 98 valence electrons. The first-order chi connectivity index (χ1) is 8.11. The summed E-state index contributed by atoms with van der Waals surface area (Å²) < 4.78 is 14.9. The van der Waals surface area contributed by atoms with Gasteiger partial charge in [0.05, 0.1) is 12.7 Å². The van der Waals surface area contributed by atoms with E-state index < -0.39 is 0 Å². The van der Waals surface area contributed by atoms with Gasteiger partial charge in [0, 0.05) is 12.7 Å². The highest BCUT2D eigenvalue weighted by atomic mass is 16.7. The molecule has 4 heteroatoms. The van der Waals surface area contributed by atoms with Crippen molar-refractivity contribution < 1.29 is 19.0 Å². The maximum atomic E-state index is 11.4. The predicted octanol–water partition coefficient (Wildman–Crippen LogP) is 2.45. The molecule has 0 aromatic rings. The minimum absolute atomic E-state index is 0.0372. The monoisotopic (exact) mass is 242 g/mol. The first-order valence-corrected chi connectivity index (χ1v) is 5.67. The maximum Gasteiger partial charge on any atom is 0.335 e. The fourth-order valence-corrected chi connectivity index (χ4v) is 1.08. The van der Waals surface area contributed by atoms with E-state index in [0.29, 0.717) is 12.2 Å². The quantitative estimate of drug-likeness (QED) is 0.205. The van der Waals surface area contributed by atoms with Crippen molar-refractivity contribution in [2.24, 2.45) is 0 Å². The lowest BCUT2D eigenvalue weighted by Gasteiger charge is -2.07. The molecule has 0 aliphatic rings. The van der Waals surface area contributed by atoms with E-state index in [-0.39, 0.29) is 18.9 Å². The summed E-state index contributed by atoms with van der Waals surface area (Å²) in [7, 11) is 1.67. The van der Waals surface area contributed by atoms with Crippen molar-refractivity contribution in [3.8, 4) is 0 Å². The van der Waals surface area contributed by atoms with Crippen LogP contribution in [-0.2, 0) is 19.0 Å². The molecule has 0 rings (SSSR count). The lowest BCUT2D eigenvalue weighted by atomic mass is 10.1. The summed E-state index contributed by atoms with van der Waals surface area (Å²) in [5.41, 5.74) is 0.593. The standard InChI is InChI=1S/C13H22O4/c1-5-9-16-10-17-13(14)11(2)7-6-8-12(3)15-4/h5,7,12H,1,6,8-10H2,2-4H3. The minimum Gasteiger partial charge on any atom is -0.435 e. The number of allylic oxidation sites excluding steroid dienone is 1. The normalized spacial score (nSPS) is 13.2. The predicted molar refractivity (Wildman–Crippen MR) is 66.6 cm³/mol. The molecule has 0 fully saturated rings. The molecule has 0 aromatic heterocycles. The smallest absolute Gasteiger partial charge is 0.335 e. The molecule has 0 saturated heterocycles. The van der Waals surface area contributed by atoms with Gasteiger partial charge in [-0.2, -0.15) is 0 Å². The highest BCUT2D eigenvalue weighted by molar-refractivity contribution is 5.87. The lowest BCUT2D eigenvalue weighted by Crippen LogP contribution is -2.10. The van der Waals surface area contributed by atoms with E-state index in [1.807, 2.05) is 13.0 Å². The number of ether oxygens (including phenoxy) is 3. The summed E-state index contributed by atoms with van der Waals surface area (Å²) in [6.07, 6.45) is 5.33. The average Bonchev–Trinajstić information content (AvgIpc) is 2.33. The topological polar surface area (TPSA) is 44.8 Å². The van der Waals surface area contributed by atoms with Crippen molar-refractivity contribution in [1.29, 1.82) is 0 Å². The molecule has 0 aliphatic heterocycles. The van der Waals surface area contributed by atoms with Crippen molar-refractivity contribution >= 4 is 5.97 Å². The molecule has 4 nitrogen and oxygen atoms in total. The zero-order valence-corrected chi connectivity index (χ0v) is 10.9.